The van der Waals surface area contributed by atoms with Gasteiger partial charge in [-0.25, -0.2) is 15.1 Å². The van der Waals surface area contributed by atoms with E-state index in [4.69, 9.17) is 4.74 Å². The average molecular weight is 335 g/mol. The number of anilines is 1. The normalized spacial score (nSPS) is 12.6. The molecule has 1 aliphatic rings. The van der Waals surface area contributed by atoms with Gasteiger partial charge in [-0.05, 0) is 38.0 Å². The molecule has 0 fully saturated rings. The lowest BCUT2D eigenvalue weighted by Crippen LogP contribution is -2.14. The van der Waals surface area contributed by atoms with Crippen molar-refractivity contribution in [2.24, 2.45) is 0 Å². The zero-order valence-electron chi connectivity index (χ0n) is 14.0. The molecule has 0 saturated carbocycles. The number of nitrogens with one attached hydrogen (secondary N) is 2. The summed E-state index contributed by atoms with van der Waals surface area (Å²) in [4.78, 5) is 20.3. The zero-order valence-corrected chi connectivity index (χ0v) is 14.0. The Morgan fingerprint density at radius 3 is 2.72 bits per heavy atom. The maximum absolute atomic E-state index is 11.8. The summed E-state index contributed by atoms with van der Waals surface area (Å²) in [5.74, 6) is 2.10. The van der Waals surface area contributed by atoms with Gasteiger partial charge in [0, 0.05) is 17.7 Å². The van der Waals surface area contributed by atoms with Gasteiger partial charge in [0.05, 0.1) is 11.3 Å². The Hall–Kier alpha value is -3.22. The van der Waals surface area contributed by atoms with E-state index < -0.39 is 0 Å². The maximum atomic E-state index is 11.8. The van der Waals surface area contributed by atoms with Crippen molar-refractivity contribution in [3.8, 4) is 22.8 Å². The molecule has 25 heavy (non-hydrogen) atoms. The molecule has 4 rings (SSSR count). The van der Waals surface area contributed by atoms with Gasteiger partial charge in [-0.3, -0.25) is 4.79 Å². The summed E-state index contributed by atoms with van der Waals surface area (Å²) in [5, 5.41) is 9.75. The number of ether oxygens (including phenoxy) is 1. The Balaban J connectivity index is 1.65. The SMILES string of the molecule is Cc1n[nH]c(=O)c(C)c1-c1ccc(Oc2ncnc3c2CCN3)cc1. The molecule has 2 N–H and O–H groups in total. The van der Waals surface area contributed by atoms with Crippen molar-refractivity contribution in [2.45, 2.75) is 20.3 Å². The molecular formula is C18H17N5O2. The highest BCUT2D eigenvalue weighted by Crippen LogP contribution is 2.32. The lowest BCUT2D eigenvalue weighted by molar-refractivity contribution is 0.457. The van der Waals surface area contributed by atoms with Crippen molar-refractivity contribution < 1.29 is 4.74 Å². The van der Waals surface area contributed by atoms with Crippen LogP contribution in [0.1, 0.15) is 16.8 Å². The second kappa shape index (κ2) is 6.01. The van der Waals surface area contributed by atoms with Gasteiger partial charge in [0.1, 0.15) is 17.9 Å². The molecule has 7 heteroatoms. The quantitative estimate of drug-likeness (QED) is 0.764. The minimum Gasteiger partial charge on any atom is -0.439 e. The van der Waals surface area contributed by atoms with Crippen LogP contribution in [0.25, 0.3) is 11.1 Å². The first kappa shape index (κ1) is 15.3. The molecule has 3 heterocycles. The Morgan fingerprint density at radius 2 is 1.92 bits per heavy atom. The van der Waals surface area contributed by atoms with E-state index >= 15 is 0 Å². The predicted octanol–water partition coefficient (Wildman–Crippen LogP) is 2.60. The van der Waals surface area contributed by atoms with Crippen LogP contribution in [0.15, 0.2) is 35.4 Å². The van der Waals surface area contributed by atoms with E-state index in [2.05, 4.69) is 25.5 Å². The number of hydrogen-bond acceptors (Lipinski definition) is 6. The maximum Gasteiger partial charge on any atom is 0.267 e. The molecule has 0 unspecified atom stereocenters. The lowest BCUT2D eigenvalue weighted by Gasteiger charge is -2.10. The van der Waals surface area contributed by atoms with Crippen molar-refractivity contribution >= 4 is 5.82 Å². The van der Waals surface area contributed by atoms with Gasteiger partial charge in [0.15, 0.2) is 0 Å². The molecule has 0 radical (unpaired) electrons. The number of benzene rings is 1. The number of hydrogen-bond donors (Lipinski definition) is 2. The van der Waals surface area contributed by atoms with E-state index in [9.17, 15) is 4.79 Å². The first-order valence-corrected chi connectivity index (χ1v) is 8.05. The fourth-order valence-corrected chi connectivity index (χ4v) is 3.05. The van der Waals surface area contributed by atoms with Crippen LogP contribution in [-0.4, -0.2) is 26.7 Å². The Bertz CT molecular complexity index is 995. The van der Waals surface area contributed by atoms with Gasteiger partial charge >= 0.3 is 0 Å². The number of aromatic nitrogens is 4. The standard InChI is InChI=1S/C18H17N5O2/c1-10-15(11(2)22-23-17(10)24)12-3-5-13(6-4-12)25-18-14-7-8-19-16(14)20-9-21-18/h3-6,9H,7-8H2,1-2H3,(H,23,24)(H,19,20,21). The van der Waals surface area contributed by atoms with Gasteiger partial charge in [0.2, 0.25) is 5.88 Å². The molecule has 7 nitrogen and oxygen atoms in total. The molecule has 2 aromatic heterocycles. The second-order valence-corrected chi connectivity index (χ2v) is 5.95. The largest absolute Gasteiger partial charge is 0.439 e. The molecular weight excluding hydrogens is 318 g/mol. The van der Waals surface area contributed by atoms with Crippen LogP contribution in [0.4, 0.5) is 5.82 Å². The number of fused-ring (bicyclic) bond motifs is 1. The first-order chi connectivity index (χ1) is 12.1. The highest BCUT2D eigenvalue weighted by atomic mass is 16.5. The van der Waals surface area contributed by atoms with Gasteiger partial charge in [0.25, 0.3) is 5.56 Å². The fourth-order valence-electron chi connectivity index (χ4n) is 3.05. The van der Waals surface area contributed by atoms with E-state index in [-0.39, 0.29) is 5.56 Å². The molecule has 0 atom stereocenters. The number of rotatable bonds is 3. The molecule has 1 aliphatic heterocycles. The molecule has 0 aliphatic carbocycles. The van der Waals surface area contributed by atoms with Gasteiger partial charge < -0.3 is 10.1 Å². The van der Waals surface area contributed by atoms with Crippen LogP contribution in [0, 0.1) is 13.8 Å². The Kier molecular flexibility index (Phi) is 3.68. The van der Waals surface area contributed by atoms with Crippen LogP contribution in [0.2, 0.25) is 0 Å². The monoisotopic (exact) mass is 335 g/mol. The number of aryl methyl sites for hydroxylation is 1. The predicted molar refractivity (Wildman–Crippen MR) is 94.1 cm³/mol. The summed E-state index contributed by atoms with van der Waals surface area (Å²) in [6.45, 7) is 4.52. The van der Waals surface area contributed by atoms with Crippen molar-refractivity contribution in [2.75, 3.05) is 11.9 Å². The highest BCUT2D eigenvalue weighted by molar-refractivity contribution is 5.69. The lowest BCUT2D eigenvalue weighted by atomic mass is 10.0. The van der Waals surface area contributed by atoms with Crippen LogP contribution >= 0.6 is 0 Å². The summed E-state index contributed by atoms with van der Waals surface area (Å²) < 4.78 is 5.92. The molecule has 0 amide bonds. The third-order valence-electron chi connectivity index (χ3n) is 4.33. The molecule has 0 bridgehead atoms. The second-order valence-electron chi connectivity index (χ2n) is 5.95. The molecule has 0 saturated heterocycles. The first-order valence-electron chi connectivity index (χ1n) is 8.05. The van der Waals surface area contributed by atoms with E-state index in [0.717, 1.165) is 41.2 Å². The van der Waals surface area contributed by atoms with Crippen molar-refractivity contribution in [1.29, 1.82) is 0 Å². The third-order valence-corrected chi connectivity index (χ3v) is 4.33. The smallest absolute Gasteiger partial charge is 0.267 e. The number of nitrogens with zero attached hydrogens (tertiary/aromatic N) is 3. The summed E-state index contributed by atoms with van der Waals surface area (Å²) in [5.41, 5.74) is 4.03. The van der Waals surface area contributed by atoms with Gasteiger partial charge in [-0.1, -0.05) is 12.1 Å². The summed E-state index contributed by atoms with van der Waals surface area (Å²) in [6, 6.07) is 7.58. The van der Waals surface area contributed by atoms with Crippen LogP contribution < -0.4 is 15.6 Å². The highest BCUT2D eigenvalue weighted by Gasteiger charge is 2.18. The van der Waals surface area contributed by atoms with Crippen molar-refractivity contribution in [3.05, 3.63) is 57.8 Å². The fraction of sp³-hybridized carbons (Fsp3) is 0.222. The van der Waals surface area contributed by atoms with Crippen LogP contribution in [-0.2, 0) is 6.42 Å². The topological polar surface area (TPSA) is 92.8 Å². The van der Waals surface area contributed by atoms with E-state index in [1.807, 2.05) is 31.2 Å². The molecule has 1 aromatic carbocycles. The third kappa shape index (κ3) is 2.73. The Labute approximate surface area is 144 Å². The van der Waals surface area contributed by atoms with E-state index in [1.165, 1.54) is 6.33 Å². The van der Waals surface area contributed by atoms with E-state index in [0.29, 0.717) is 17.2 Å². The Morgan fingerprint density at radius 1 is 1.12 bits per heavy atom. The molecule has 3 aromatic rings. The van der Waals surface area contributed by atoms with Crippen LogP contribution in [0.5, 0.6) is 11.6 Å². The minimum atomic E-state index is -0.176. The zero-order chi connectivity index (χ0) is 17.4. The number of H-pyrrole nitrogens is 1. The van der Waals surface area contributed by atoms with Crippen molar-refractivity contribution in [1.82, 2.24) is 20.2 Å². The van der Waals surface area contributed by atoms with Gasteiger partial charge in [-0.15, -0.1) is 0 Å². The molecule has 0 spiro atoms. The average Bonchev–Trinajstić information content (AvgIpc) is 3.10. The van der Waals surface area contributed by atoms with E-state index in [1.54, 1.807) is 6.92 Å². The van der Waals surface area contributed by atoms with Gasteiger partial charge in [-0.2, -0.15) is 5.10 Å². The minimum absolute atomic E-state index is 0.176. The summed E-state index contributed by atoms with van der Waals surface area (Å²) in [6.07, 6.45) is 2.34. The summed E-state index contributed by atoms with van der Waals surface area (Å²) in [7, 11) is 0. The summed E-state index contributed by atoms with van der Waals surface area (Å²) >= 11 is 0. The van der Waals surface area contributed by atoms with Crippen LogP contribution in [0.3, 0.4) is 0 Å². The molecule has 126 valence electrons. The number of aromatic amines is 1. The van der Waals surface area contributed by atoms with Crippen molar-refractivity contribution in [3.63, 3.8) is 0 Å².